The maximum absolute atomic E-state index is 11.1. The molecule has 0 bridgehead atoms. The second-order valence-electron chi connectivity index (χ2n) is 8.66. The lowest BCUT2D eigenvalue weighted by atomic mass is 9.49. The highest BCUT2D eigenvalue weighted by Crippen LogP contribution is 2.66. The maximum Gasteiger partial charge on any atom is 0.131 e. The first-order chi connectivity index (χ1) is 12.0. The first-order valence-corrected chi connectivity index (χ1v) is 9.80. The van der Waals surface area contributed by atoms with Crippen molar-refractivity contribution in [2.24, 2.45) is 34.2 Å². The molecule has 0 aliphatic heterocycles. The summed E-state index contributed by atoms with van der Waals surface area (Å²) in [6.45, 7) is 2.16. The van der Waals surface area contributed by atoms with Crippen molar-refractivity contribution in [3.8, 4) is 12.3 Å². The minimum atomic E-state index is -0.984. The van der Waals surface area contributed by atoms with Gasteiger partial charge in [0.05, 0.1) is 11.8 Å². The molecule has 4 unspecified atom stereocenters. The van der Waals surface area contributed by atoms with E-state index in [4.69, 9.17) is 11.6 Å². The van der Waals surface area contributed by atoms with Gasteiger partial charge in [-0.2, -0.15) is 0 Å². The normalized spacial score (nSPS) is 50.4. The predicted octanol–water partition coefficient (Wildman–Crippen LogP) is 3.11. The minimum Gasteiger partial charge on any atom is -0.411 e. The van der Waals surface area contributed by atoms with Crippen molar-refractivity contribution in [1.29, 1.82) is 0 Å². The van der Waals surface area contributed by atoms with Gasteiger partial charge in [0.25, 0.3) is 0 Å². The number of nitrogens with zero attached hydrogens (tertiary/aromatic N) is 1. The molecule has 0 heterocycles. The summed E-state index contributed by atoms with van der Waals surface area (Å²) in [5.41, 5.74) is 0.581. The molecule has 3 fully saturated rings. The van der Waals surface area contributed by atoms with Crippen LogP contribution in [0.5, 0.6) is 0 Å². The fourth-order valence-electron chi connectivity index (χ4n) is 7.05. The average molecular weight is 343 g/mol. The Kier molecular flexibility index (Phi) is 4.01. The Hall–Kier alpha value is -1.31. The fraction of sp³-hybridized carbons (Fsp3) is 0.762. The zero-order valence-corrected chi connectivity index (χ0v) is 15.0. The third kappa shape index (κ3) is 2.18. The summed E-state index contributed by atoms with van der Waals surface area (Å²) in [5.74, 6) is 4.52. The third-order valence-corrected chi connectivity index (χ3v) is 8.21. The molecule has 4 heteroatoms. The van der Waals surface area contributed by atoms with Gasteiger partial charge < -0.3 is 15.4 Å². The Bertz CT molecular complexity index is 663. The van der Waals surface area contributed by atoms with Crippen LogP contribution in [0, 0.1) is 41.4 Å². The van der Waals surface area contributed by atoms with E-state index < -0.39 is 11.7 Å². The van der Waals surface area contributed by atoms with Gasteiger partial charge in [0.15, 0.2) is 0 Å². The van der Waals surface area contributed by atoms with Crippen LogP contribution in [0.3, 0.4) is 0 Å². The van der Waals surface area contributed by atoms with Crippen molar-refractivity contribution in [3.05, 3.63) is 11.6 Å². The van der Waals surface area contributed by atoms with Gasteiger partial charge in [0.2, 0.25) is 0 Å². The number of oxime groups is 1. The van der Waals surface area contributed by atoms with E-state index in [2.05, 4.69) is 18.0 Å². The summed E-state index contributed by atoms with van der Waals surface area (Å²) in [5, 5.41) is 34.4. The SMILES string of the molecule is C#C[C@]1(O)CCC2C3C[C@H](O)C4=CC(=NO)CCC4C3CC[C@@]21CC. The van der Waals surface area contributed by atoms with E-state index in [1.54, 1.807) is 0 Å². The van der Waals surface area contributed by atoms with Crippen LogP contribution in [0.1, 0.15) is 58.3 Å². The van der Waals surface area contributed by atoms with Crippen molar-refractivity contribution in [2.45, 2.75) is 70.0 Å². The van der Waals surface area contributed by atoms with E-state index in [1.165, 1.54) is 0 Å². The quantitative estimate of drug-likeness (QED) is 0.389. The van der Waals surface area contributed by atoms with E-state index in [1.807, 2.05) is 6.08 Å². The van der Waals surface area contributed by atoms with Crippen LogP contribution in [0.15, 0.2) is 16.8 Å². The highest BCUT2D eigenvalue weighted by atomic mass is 16.4. The smallest absolute Gasteiger partial charge is 0.131 e. The lowest BCUT2D eigenvalue weighted by Crippen LogP contribution is -2.55. The van der Waals surface area contributed by atoms with Crippen LogP contribution in [0.25, 0.3) is 0 Å². The summed E-state index contributed by atoms with van der Waals surface area (Å²) in [6.07, 6.45) is 14.3. The van der Waals surface area contributed by atoms with Crippen molar-refractivity contribution in [3.63, 3.8) is 0 Å². The monoisotopic (exact) mass is 343 g/mol. The molecular weight excluding hydrogens is 314 g/mol. The van der Waals surface area contributed by atoms with Gasteiger partial charge >= 0.3 is 0 Å². The molecule has 25 heavy (non-hydrogen) atoms. The van der Waals surface area contributed by atoms with Crippen LogP contribution < -0.4 is 0 Å². The van der Waals surface area contributed by atoms with E-state index in [9.17, 15) is 10.2 Å². The van der Waals surface area contributed by atoms with Gasteiger partial charge in [-0.1, -0.05) is 18.0 Å². The number of fused-ring (bicyclic) bond motifs is 5. The summed E-state index contributed by atoms with van der Waals surface area (Å²) >= 11 is 0. The maximum atomic E-state index is 11.1. The van der Waals surface area contributed by atoms with Gasteiger partial charge in [0.1, 0.15) is 5.60 Å². The summed E-state index contributed by atoms with van der Waals surface area (Å²) in [4.78, 5) is 0. The highest BCUT2D eigenvalue weighted by molar-refractivity contribution is 5.96. The number of hydrogen-bond acceptors (Lipinski definition) is 4. The molecule has 0 amide bonds. The van der Waals surface area contributed by atoms with Gasteiger partial charge in [0, 0.05) is 5.41 Å². The van der Waals surface area contributed by atoms with E-state index in [0.717, 1.165) is 50.5 Å². The molecule has 3 saturated carbocycles. The molecule has 3 N–H and O–H groups in total. The minimum absolute atomic E-state index is 0.184. The third-order valence-electron chi connectivity index (χ3n) is 8.21. The molecule has 4 rings (SSSR count). The average Bonchev–Trinajstić information content (AvgIpc) is 2.95. The molecule has 0 aromatic heterocycles. The van der Waals surface area contributed by atoms with Crippen LogP contribution >= 0.6 is 0 Å². The fourth-order valence-corrected chi connectivity index (χ4v) is 7.05. The van der Waals surface area contributed by atoms with E-state index >= 15 is 0 Å². The largest absolute Gasteiger partial charge is 0.411 e. The first-order valence-electron chi connectivity index (χ1n) is 9.80. The van der Waals surface area contributed by atoms with Crippen molar-refractivity contribution < 1.29 is 15.4 Å². The van der Waals surface area contributed by atoms with Crippen LogP contribution in [-0.2, 0) is 0 Å². The van der Waals surface area contributed by atoms with Gasteiger partial charge in [-0.25, -0.2) is 0 Å². The summed E-state index contributed by atoms with van der Waals surface area (Å²) < 4.78 is 0. The molecule has 0 aromatic carbocycles. The van der Waals surface area contributed by atoms with Crippen LogP contribution in [0.2, 0.25) is 0 Å². The number of aliphatic hydroxyl groups is 2. The van der Waals surface area contributed by atoms with Crippen LogP contribution in [-0.4, -0.2) is 32.8 Å². The Morgan fingerprint density at radius 1 is 1.28 bits per heavy atom. The lowest BCUT2D eigenvalue weighted by molar-refractivity contribution is -0.108. The van der Waals surface area contributed by atoms with Gasteiger partial charge in [-0.05, 0) is 86.7 Å². The molecule has 0 spiro atoms. The Morgan fingerprint density at radius 3 is 2.76 bits per heavy atom. The molecule has 0 saturated heterocycles. The Morgan fingerprint density at radius 2 is 2.08 bits per heavy atom. The number of terminal acetylenes is 1. The van der Waals surface area contributed by atoms with Gasteiger partial charge in [-0.15, -0.1) is 6.42 Å². The summed E-state index contributed by atoms with van der Waals surface area (Å²) in [7, 11) is 0. The predicted molar refractivity (Wildman–Crippen MR) is 96.1 cm³/mol. The Labute approximate surface area is 150 Å². The van der Waals surface area contributed by atoms with Gasteiger partial charge in [-0.3, -0.25) is 0 Å². The molecule has 4 aliphatic carbocycles. The molecule has 0 aromatic rings. The zero-order chi connectivity index (χ0) is 17.8. The topological polar surface area (TPSA) is 73.0 Å². The molecule has 7 atom stereocenters. The second kappa shape index (κ2) is 5.86. The summed E-state index contributed by atoms with van der Waals surface area (Å²) in [6, 6.07) is 0. The van der Waals surface area contributed by atoms with Crippen molar-refractivity contribution in [1.82, 2.24) is 0 Å². The zero-order valence-electron chi connectivity index (χ0n) is 15.0. The number of allylic oxidation sites excluding steroid dienone is 1. The molecule has 136 valence electrons. The van der Waals surface area contributed by atoms with E-state index in [0.29, 0.717) is 35.8 Å². The van der Waals surface area contributed by atoms with Crippen molar-refractivity contribution >= 4 is 5.71 Å². The molecular formula is C21H29NO3. The van der Waals surface area contributed by atoms with E-state index in [-0.39, 0.29) is 5.41 Å². The Balaban J connectivity index is 1.69. The highest BCUT2D eigenvalue weighted by Gasteiger charge is 2.63. The molecule has 4 aliphatic rings. The number of rotatable bonds is 1. The molecule has 4 nitrogen and oxygen atoms in total. The van der Waals surface area contributed by atoms with Crippen LogP contribution in [0.4, 0.5) is 0 Å². The number of hydrogen-bond donors (Lipinski definition) is 3. The molecule has 0 radical (unpaired) electrons. The second-order valence-corrected chi connectivity index (χ2v) is 8.66. The first kappa shape index (κ1) is 17.1. The standard InChI is InChI=1S/C21H29NO3/c1-3-20-9-7-15-14-6-5-13(22-25)11-17(14)19(23)12-16(15)18(20)8-10-21(20,24)4-2/h2,11,14-16,18-19,23-25H,3,5-10,12H2,1H3/t14?,15?,16?,18?,19-,20-,21-/m0/s1. The number of aliphatic hydroxyl groups excluding tert-OH is 1. The lowest BCUT2D eigenvalue weighted by Gasteiger charge is -2.56. The van der Waals surface area contributed by atoms with Crippen molar-refractivity contribution in [2.75, 3.05) is 0 Å².